The molecule has 4 aliphatic rings. The molecule has 1 amide bonds. The predicted octanol–water partition coefficient (Wildman–Crippen LogP) is 2.32. The van der Waals surface area contributed by atoms with Gasteiger partial charge in [0.05, 0.1) is 17.5 Å². The number of fused-ring (bicyclic) bond motifs is 3. The van der Waals surface area contributed by atoms with Crippen LogP contribution in [0.15, 0.2) is 4.99 Å². The summed E-state index contributed by atoms with van der Waals surface area (Å²) in [5.41, 5.74) is 0. The van der Waals surface area contributed by atoms with E-state index in [1.165, 1.54) is 31.0 Å². The number of aliphatic imine (C=N–C) groups is 1. The van der Waals surface area contributed by atoms with Crippen molar-refractivity contribution in [1.29, 1.82) is 0 Å². The van der Waals surface area contributed by atoms with Crippen LogP contribution in [0.25, 0.3) is 0 Å². The number of hydrogen-bond donors (Lipinski definition) is 0. The van der Waals surface area contributed by atoms with E-state index in [0.717, 1.165) is 17.5 Å². The first-order valence-corrected chi connectivity index (χ1v) is 11.8. The second-order valence-electron chi connectivity index (χ2n) is 8.34. The fourth-order valence-electron chi connectivity index (χ4n) is 5.03. The van der Waals surface area contributed by atoms with Crippen LogP contribution in [-0.2, 0) is 14.6 Å². The molecule has 0 aromatic carbocycles. The molecule has 0 spiro atoms. The molecule has 2 saturated heterocycles. The highest BCUT2D eigenvalue weighted by Gasteiger charge is 2.54. The van der Waals surface area contributed by atoms with E-state index in [9.17, 15) is 13.2 Å². The van der Waals surface area contributed by atoms with Crippen molar-refractivity contribution in [3.8, 4) is 0 Å². The molecule has 134 valence electrons. The number of sulfone groups is 1. The lowest BCUT2D eigenvalue weighted by Crippen LogP contribution is -2.47. The van der Waals surface area contributed by atoms with Gasteiger partial charge in [-0.1, -0.05) is 32.0 Å². The summed E-state index contributed by atoms with van der Waals surface area (Å²) >= 11 is 1.54. The maximum absolute atomic E-state index is 12.2. The Kier molecular flexibility index (Phi) is 4.23. The Bertz CT molecular complexity index is 673. The maximum Gasteiger partial charge on any atom is 0.248 e. The van der Waals surface area contributed by atoms with Crippen molar-refractivity contribution in [2.24, 2.45) is 22.7 Å². The molecule has 24 heavy (non-hydrogen) atoms. The number of hydrogen-bond acceptors (Lipinski definition) is 4. The van der Waals surface area contributed by atoms with Gasteiger partial charge in [0.1, 0.15) is 0 Å². The summed E-state index contributed by atoms with van der Waals surface area (Å²) in [6, 6.07) is 0.417. The highest BCUT2D eigenvalue weighted by atomic mass is 32.2. The number of carbonyl (C=O) groups is 1. The Balaban J connectivity index is 1.61. The summed E-state index contributed by atoms with van der Waals surface area (Å²) < 4.78 is 24.2. The zero-order chi connectivity index (χ0) is 17.1. The van der Waals surface area contributed by atoms with Crippen LogP contribution < -0.4 is 0 Å². The molecule has 2 saturated carbocycles. The molecule has 0 radical (unpaired) electrons. The van der Waals surface area contributed by atoms with Gasteiger partial charge < -0.3 is 4.90 Å². The lowest BCUT2D eigenvalue weighted by Gasteiger charge is -2.36. The van der Waals surface area contributed by atoms with Crippen LogP contribution in [0.3, 0.4) is 0 Å². The molecule has 0 unspecified atom stereocenters. The third kappa shape index (κ3) is 3.02. The number of amidine groups is 1. The van der Waals surface area contributed by atoms with Gasteiger partial charge in [-0.25, -0.2) is 8.42 Å². The number of rotatable bonds is 3. The van der Waals surface area contributed by atoms with Crippen molar-refractivity contribution in [3.05, 3.63) is 0 Å². The average molecular weight is 371 g/mol. The SMILES string of the molecule is CC(C)CC(=O)N=C1S[C@H]2CS(=O)(=O)C[C@H]2N1[C@@H]1C[C@@H]2CC[C@@H]1C2. The largest absolute Gasteiger partial charge is 0.343 e. The summed E-state index contributed by atoms with van der Waals surface area (Å²) in [7, 11) is -2.95. The molecular weight excluding hydrogens is 344 g/mol. The van der Waals surface area contributed by atoms with E-state index in [1.54, 1.807) is 0 Å². The van der Waals surface area contributed by atoms with Crippen LogP contribution in [-0.4, -0.2) is 53.2 Å². The van der Waals surface area contributed by atoms with Gasteiger partial charge in [0.15, 0.2) is 15.0 Å². The van der Waals surface area contributed by atoms with E-state index in [-0.39, 0.29) is 28.7 Å². The van der Waals surface area contributed by atoms with Gasteiger partial charge in [0.2, 0.25) is 5.91 Å². The lowest BCUT2D eigenvalue weighted by atomic mass is 9.93. The second kappa shape index (κ2) is 6.01. The Morgan fingerprint density at radius 1 is 1.25 bits per heavy atom. The lowest BCUT2D eigenvalue weighted by molar-refractivity contribution is -0.118. The number of nitrogens with zero attached hydrogens (tertiary/aromatic N) is 2. The van der Waals surface area contributed by atoms with Gasteiger partial charge in [-0.3, -0.25) is 4.79 Å². The zero-order valence-corrected chi connectivity index (χ0v) is 16.0. The molecule has 4 rings (SSSR count). The van der Waals surface area contributed by atoms with Crippen LogP contribution in [0.4, 0.5) is 0 Å². The minimum Gasteiger partial charge on any atom is -0.343 e. The van der Waals surface area contributed by atoms with Crippen LogP contribution in [0, 0.1) is 17.8 Å². The normalized spacial score (nSPS) is 41.5. The van der Waals surface area contributed by atoms with Gasteiger partial charge in [0, 0.05) is 17.7 Å². The van der Waals surface area contributed by atoms with E-state index in [4.69, 9.17) is 0 Å². The van der Waals surface area contributed by atoms with Gasteiger partial charge in [0.25, 0.3) is 0 Å². The van der Waals surface area contributed by atoms with Gasteiger partial charge >= 0.3 is 0 Å². The highest BCUT2D eigenvalue weighted by molar-refractivity contribution is 8.15. The van der Waals surface area contributed by atoms with Crippen LogP contribution in [0.2, 0.25) is 0 Å². The number of carbonyl (C=O) groups excluding carboxylic acids is 1. The first-order chi connectivity index (χ1) is 11.3. The number of amides is 1. The molecule has 0 N–H and O–H groups in total. The van der Waals surface area contributed by atoms with E-state index in [0.29, 0.717) is 24.3 Å². The summed E-state index contributed by atoms with van der Waals surface area (Å²) in [6.07, 6.45) is 5.43. The summed E-state index contributed by atoms with van der Waals surface area (Å²) in [5.74, 6) is 2.14. The molecule has 7 heteroatoms. The highest BCUT2D eigenvalue weighted by Crippen LogP contribution is 2.51. The Morgan fingerprint density at radius 3 is 2.67 bits per heavy atom. The summed E-state index contributed by atoms with van der Waals surface area (Å²) in [4.78, 5) is 18.9. The summed E-state index contributed by atoms with van der Waals surface area (Å²) in [6.45, 7) is 4.05. The van der Waals surface area contributed by atoms with Crippen molar-refractivity contribution in [3.63, 3.8) is 0 Å². The molecule has 0 aromatic rings. The molecule has 2 heterocycles. The summed E-state index contributed by atoms with van der Waals surface area (Å²) in [5, 5.41) is 0.864. The van der Waals surface area contributed by atoms with Gasteiger partial charge in [-0.05, 0) is 37.0 Å². The zero-order valence-electron chi connectivity index (χ0n) is 14.3. The smallest absolute Gasteiger partial charge is 0.248 e. The second-order valence-corrected chi connectivity index (χ2v) is 11.7. The fourth-order valence-corrected chi connectivity index (χ4v) is 9.02. The molecule has 2 aliphatic carbocycles. The van der Waals surface area contributed by atoms with Gasteiger partial charge in [-0.15, -0.1) is 0 Å². The van der Waals surface area contributed by atoms with E-state index < -0.39 is 9.84 Å². The predicted molar refractivity (Wildman–Crippen MR) is 96.8 cm³/mol. The van der Waals surface area contributed by atoms with Crippen molar-refractivity contribution in [1.82, 2.24) is 4.90 Å². The molecule has 0 aromatic heterocycles. The molecule has 5 nitrogen and oxygen atoms in total. The van der Waals surface area contributed by atoms with E-state index >= 15 is 0 Å². The Labute approximate surface area is 148 Å². The maximum atomic E-state index is 12.2. The monoisotopic (exact) mass is 370 g/mol. The topological polar surface area (TPSA) is 66.8 Å². The van der Waals surface area contributed by atoms with Crippen molar-refractivity contribution in [2.45, 2.75) is 63.3 Å². The number of thioether (sulfide) groups is 1. The van der Waals surface area contributed by atoms with Crippen molar-refractivity contribution >= 4 is 32.7 Å². The van der Waals surface area contributed by atoms with Gasteiger partial charge in [-0.2, -0.15) is 4.99 Å². The molecule has 2 bridgehead atoms. The van der Waals surface area contributed by atoms with Crippen molar-refractivity contribution < 1.29 is 13.2 Å². The first-order valence-electron chi connectivity index (χ1n) is 9.09. The molecule has 4 fully saturated rings. The van der Waals surface area contributed by atoms with Crippen LogP contribution >= 0.6 is 11.8 Å². The standard InChI is InChI=1S/C17H26N2O3S2/c1-10(2)5-16(20)18-17-19(13-7-11-3-4-12(13)6-11)14-8-24(21,22)9-15(14)23-17/h10-15H,3-9H2,1-2H3/t11-,12-,13-,14-,15+/m1/s1. The Hall–Kier alpha value is -0.560. The third-order valence-corrected chi connectivity index (χ3v) is 9.19. The minimum absolute atomic E-state index is 0.0231. The Morgan fingerprint density at radius 2 is 2.04 bits per heavy atom. The molecule has 5 atom stereocenters. The van der Waals surface area contributed by atoms with E-state index in [1.807, 2.05) is 13.8 Å². The quantitative estimate of drug-likeness (QED) is 0.763. The van der Waals surface area contributed by atoms with E-state index in [2.05, 4.69) is 9.89 Å². The minimum atomic E-state index is -2.95. The third-order valence-electron chi connectivity index (χ3n) is 5.97. The van der Waals surface area contributed by atoms with Crippen LogP contribution in [0.1, 0.15) is 46.0 Å². The first kappa shape index (κ1) is 16.9. The molecular formula is C17H26N2O3S2. The molecule has 2 aliphatic heterocycles. The fraction of sp³-hybridized carbons (Fsp3) is 0.882. The van der Waals surface area contributed by atoms with Crippen molar-refractivity contribution in [2.75, 3.05) is 11.5 Å². The average Bonchev–Trinajstić information content (AvgIpc) is 3.16. The van der Waals surface area contributed by atoms with Crippen LogP contribution in [0.5, 0.6) is 0 Å².